The molecule has 2 N–H and O–H groups in total. The summed E-state index contributed by atoms with van der Waals surface area (Å²) >= 11 is 1.78. The number of esters is 1. The maximum atomic E-state index is 11.3. The molecule has 98 valence electrons. The van der Waals surface area contributed by atoms with E-state index in [0.717, 1.165) is 30.0 Å². The third-order valence-electron chi connectivity index (χ3n) is 3.09. The maximum Gasteiger partial charge on any atom is 0.306 e. The molecule has 2 rings (SSSR count). The van der Waals surface area contributed by atoms with Crippen molar-refractivity contribution < 1.29 is 9.53 Å². The highest BCUT2D eigenvalue weighted by Gasteiger charge is 2.44. The first-order valence-electron chi connectivity index (χ1n) is 5.84. The fourth-order valence-electron chi connectivity index (χ4n) is 1.74. The van der Waals surface area contributed by atoms with Crippen LogP contribution in [0, 0.1) is 5.41 Å². The summed E-state index contributed by atoms with van der Waals surface area (Å²) in [4.78, 5) is 19.5. The molecule has 1 aliphatic rings. The summed E-state index contributed by atoms with van der Waals surface area (Å²) in [5.41, 5.74) is 6.56. The first-order valence-corrected chi connectivity index (χ1v) is 7.00. The number of nitrogen functional groups attached to an aromatic ring is 1. The first-order chi connectivity index (χ1) is 8.63. The second-order valence-corrected chi connectivity index (χ2v) is 5.66. The van der Waals surface area contributed by atoms with Crippen LogP contribution in [0.25, 0.3) is 0 Å². The predicted octanol–water partition coefficient (Wildman–Crippen LogP) is 1.64. The van der Waals surface area contributed by atoms with Crippen molar-refractivity contribution in [1.29, 1.82) is 0 Å². The van der Waals surface area contributed by atoms with Crippen molar-refractivity contribution in [2.75, 3.05) is 18.6 Å². The number of carbonyl (C=O) groups excluding carboxylic acids is 1. The lowest BCUT2D eigenvalue weighted by Gasteiger charge is -2.12. The summed E-state index contributed by atoms with van der Waals surface area (Å²) in [6.45, 7) is 0. The van der Waals surface area contributed by atoms with E-state index in [1.165, 1.54) is 7.11 Å². The van der Waals surface area contributed by atoms with E-state index in [-0.39, 0.29) is 11.4 Å². The predicted molar refractivity (Wildman–Crippen MR) is 70.9 cm³/mol. The molecule has 0 saturated heterocycles. The number of hydrogen-bond donors (Lipinski definition) is 1. The van der Waals surface area contributed by atoms with Crippen molar-refractivity contribution in [3.63, 3.8) is 0 Å². The monoisotopic (exact) mass is 267 g/mol. The minimum Gasteiger partial charge on any atom is -0.469 e. The average Bonchev–Trinajstić information content (AvgIpc) is 3.11. The molecular formula is C12H17N3O2S. The maximum absolute atomic E-state index is 11.3. The topological polar surface area (TPSA) is 78.1 Å². The summed E-state index contributed by atoms with van der Waals surface area (Å²) in [6.07, 6.45) is 6.02. The van der Waals surface area contributed by atoms with Gasteiger partial charge in [0.25, 0.3) is 0 Å². The standard InChI is InChI=1S/C12H17N3O2S/c1-17-11(16)4-12(2-3-12)8-18-7-9-5-15-10(13)6-14-9/h5-6H,2-4,7-8H2,1H3,(H2,13,15). The average molecular weight is 267 g/mol. The Kier molecular flexibility index (Phi) is 4.06. The van der Waals surface area contributed by atoms with Crippen molar-refractivity contribution >= 4 is 23.5 Å². The molecule has 0 radical (unpaired) electrons. The lowest BCUT2D eigenvalue weighted by molar-refractivity contribution is -0.141. The van der Waals surface area contributed by atoms with Crippen molar-refractivity contribution in [3.8, 4) is 0 Å². The largest absolute Gasteiger partial charge is 0.469 e. The minimum absolute atomic E-state index is 0.111. The molecule has 0 bridgehead atoms. The number of nitrogens with zero attached hydrogens (tertiary/aromatic N) is 2. The van der Waals surface area contributed by atoms with Gasteiger partial charge < -0.3 is 10.5 Å². The van der Waals surface area contributed by atoms with Gasteiger partial charge in [0.1, 0.15) is 5.82 Å². The fourth-order valence-corrected chi connectivity index (χ4v) is 3.02. The van der Waals surface area contributed by atoms with Crippen LogP contribution in [-0.2, 0) is 15.3 Å². The molecule has 0 aromatic carbocycles. The van der Waals surface area contributed by atoms with Crippen LogP contribution in [0.5, 0.6) is 0 Å². The number of carbonyl (C=O) groups is 1. The number of nitrogens with two attached hydrogens (primary N) is 1. The van der Waals surface area contributed by atoms with E-state index < -0.39 is 0 Å². The second kappa shape index (κ2) is 5.56. The SMILES string of the molecule is COC(=O)CC1(CSCc2cnc(N)cn2)CC1. The highest BCUT2D eigenvalue weighted by molar-refractivity contribution is 7.98. The lowest BCUT2D eigenvalue weighted by Crippen LogP contribution is -2.13. The first kappa shape index (κ1) is 13.1. The van der Waals surface area contributed by atoms with E-state index >= 15 is 0 Å². The van der Waals surface area contributed by atoms with Gasteiger partial charge in [-0.3, -0.25) is 9.78 Å². The number of rotatable bonds is 6. The Balaban J connectivity index is 1.75. The number of methoxy groups -OCH3 is 1. The van der Waals surface area contributed by atoms with E-state index in [9.17, 15) is 4.79 Å². The third kappa shape index (κ3) is 3.60. The van der Waals surface area contributed by atoms with Crippen LogP contribution in [0.1, 0.15) is 25.0 Å². The van der Waals surface area contributed by atoms with Gasteiger partial charge in [0.15, 0.2) is 0 Å². The summed E-state index contributed by atoms with van der Waals surface area (Å²) in [5.74, 6) is 2.10. The zero-order chi connectivity index (χ0) is 13.0. The summed E-state index contributed by atoms with van der Waals surface area (Å²) in [7, 11) is 1.44. The molecule has 0 amide bonds. The highest BCUT2D eigenvalue weighted by atomic mass is 32.2. The van der Waals surface area contributed by atoms with Crippen LogP contribution in [0.3, 0.4) is 0 Å². The molecule has 1 saturated carbocycles. The van der Waals surface area contributed by atoms with E-state index in [2.05, 4.69) is 9.97 Å². The van der Waals surface area contributed by atoms with Crippen LogP contribution < -0.4 is 5.73 Å². The summed E-state index contributed by atoms with van der Waals surface area (Å²) in [5, 5.41) is 0. The van der Waals surface area contributed by atoms with Crippen molar-refractivity contribution in [1.82, 2.24) is 9.97 Å². The third-order valence-corrected chi connectivity index (χ3v) is 4.40. The molecule has 1 aromatic heterocycles. The minimum atomic E-state index is -0.111. The quantitative estimate of drug-likeness (QED) is 0.789. The van der Waals surface area contributed by atoms with Gasteiger partial charge in [0.05, 0.1) is 31.6 Å². The Labute approximate surface area is 111 Å². The van der Waals surface area contributed by atoms with Gasteiger partial charge in [-0.1, -0.05) is 0 Å². The summed E-state index contributed by atoms with van der Waals surface area (Å²) < 4.78 is 4.72. The van der Waals surface area contributed by atoms with Crippen LogP contribution in [-0.4, -0.2) is 28.8 Å². The lowest BCUT2D eigenvalue weighted by atomic mass is 10.1. The molecule has 0 aliphatic heterocycles. The van der Waals surface area contributed by atoms with Gasteiger partial charge in [-0.25, -0.2) is 4.98 Å². The molecule has 1 fully saturated rings. The van der Waals surface area contributed by atoms with Crippen LogP contribution in [0.4, 0.5) is 5.82 Å². The van der Waals surface area contributed by atoms with E-state index in [1.807, 2.05) is 0 Å². The zero-order valence-corrected chi connectivity index (χ0v) is 11.2. The Morgan fingerprint density at radius 2 is 2.28 bits per heavy atom. The Bertz CT molecular complexity index is 418. The van der Waals surface area contributed by atoms with E-state index in [1.54, 1.807) is 24.2 Å². The fraction of sp³-hybridized carbons (Fsp3) is 0.583. The van der Waals surface area contributed by atoms with Crippen LogP contribution in [0.15, 0.2) is 12.4 Å². The Morgan fingerprint density at radius 3 is 2.83 bits per heavy atom. The molecule has 1 aromatic rings. The number of hydrogen-bond acceptors (Lipinski definition) is 6. The van der Waals surface area contributed by atoms with Crippen molar-refractivity contribution in [3.05, 3.63) is 18.1 Å². The molecule has 0 unspecified atom stereocenters. The molecule has 0 atom stereocenters. The Hall–Kier alpha value is -1.30. The summed E-state index contributed by atoms with van der Waals surface area (Å²) in [6, 6.07) is 0. The molecule has 0 spiro atoms. The van der Waals surface area contributed by atoms with Crippen LogP contribution in [0.2, 0.25) is 0 Å². The molecule has 1 heterocycles. The van der Waals surface area contributed by atoms with Gasteiger partial charge in [0.2, 0.25) is 0 Å². The van der Waals surface area contributed by atoms with Gasteiger partial charge in [0, 0.05) is 5.75 Å². The number of aromatic nitrogens is 2. The van der Waals surface area contributed by atoms with Gasteiger partial charge in [-0.05, 0) is 24.0 Å². The molecule has 5 nitrogen and oxygen atoms in total. The molecule has 1 aliphatic carbocycles. The van der Waals surface area contributed by atoms with Crippen LogP contribution >= 0.6 is 11.8 Å². The number of ether oxygens (including phenoxy) is 1. The van der Waals surface area contributed by atoms with Crippen molar-refractivity contribution in [2.24, 2.45) is 5.41 Å². The second-order valence-electron chi connectivity index (χ2n) is 4.68. The number of thioether (sulfide) groups is 1. The van der Waals surface area contributed by atoms with Gasteiger partial charge >= 0.3 is 5.97 Å². The smallest absolute Gasteiger partial charge is 0.306 e. The number of anilines is 1. The Morgan fingerprint density at radius 1 is 1.50 bits per heavy atom. The van der Waals surface area contributed by atoms with E-state index in [0.29, 0.717) is 12.2 Å². The normalized spacial score (nSPS) is 16.3. The zero-order valence-electron chi connectivity index (χ0n) is 10.4. The van der Waals surface area contributed by atoms with Gasteiger partial charge in [-0.2, -0.15) is 11.8 Å². The molecule has 6 heteroatoms. The molecule has 18 heavy (non-hydrogen) atoms. The van der Waals surface area contributed by atoms with E-state index in [4.69, 9.17) is 10.5 Å². The molecular weight excluding hydrogens is 250 g/mol. The highest BCUT2D eigenvalue weighted by Crippen LogP contribution is 2.51. The van der Waals surface area contributed by atoms with Crippen molar-refractivity contribution in [2.45, 2.75) is 25.0 Å². The van der Waals surface area contributed by atoms with Gasteiger partial charge in [-0.15, -0.1) is 0 Å².